The number of likely N-dealkylation sites (tertiary alicyclic amines) is 3. The molecule has 6 fully saturated rings. The van der Waals surface area contributed by atoms with Crippen LogP contribution in [0.5, 0.6) is 11.5 Å². The Morgan fingerprint density at radius 1 is 0.603 bits per heavy atom. The summed E-state index contributed by atoms with van der Waals surface area (Å²) in [5.41, 5.74) is 0.344. The number of imide groups is 4. The maximum atomic E-state index is 12.9. The number of nitrogens with zero attached hydrogens (tertiary/aromatic N) is 5. The number of piperidine rings is 2. The number of amides is 10. The zero-order chi connectivity index (χ0) is 52.8. The first kappa shape index (κ1) is 52.1. The lowest BCUT2D eigenvalue weighted by Crippen LogP contribution is -2.73. The van der Waals surface area contributed by atoms with E-state index >= 15 is 0 Å². The van der Waals surface area contributed by atoms with Crippen LogP contribution in [0.3, 0.4) is 0 Å². The van der Waals surface area contributed by atoms with Gasteiger partial charge in [-0.1, -0.05) is 0 Å². The Morgan fingerprint density at radius 3 is 1.42 bits per heavy atom. The summed E-state index contributed by atoms with van der Waals surface area (Å²) in [5.74, 6) is -3.67. The van der Waals surface area contributed by atoms with Crippen LogP contribution in [0, 0.1) is 10.8 Å². The monoisotopic (exact) mass is 1010 g/mol. The van der Waals surface area contributed by atoms with Crippen molar-refractivity contribution in [2.45, 2.75) is 90.5 Å². The highest BCUT2D eigenvalue weighted by atomic mass is 16.6. The summed E-state index contributed by atoms with van der Waals surface area (Å²) in [5, 5.41) is 7.55. The average Bonchev–Trinajstić information content (AvgIpc) is 3.64. The number of nitrogens with one attached hydrogen (secondary N) is 3. The second-order valence-corrected chi connectivity index (χ2v) is 21.6. The smallest absolute Gasteiger partial charge is 0.410 e. The highest BCUT2D eigenvalue weighted by Crippen LogP contribution is 2.40. The lowest BCUT2D eigenvalue weighted by Gasteiger charge is -2.59. The molecule has 0 saturated carbocycles. The molecule has 2 aromatic rings. The van der Waals surface area contributed by atoms with Crippen molar-refractivity contribution in [2.75, 3.05) is 72.1 Å². The Hall–Kier alpha value is -7.27. The minimum Gasteiger partial charge on any atom is -0.492 e. The van der Waals surface area contributed by atoms with E-state index in [2.05, 4.69) is 20.9 Å². The maximum absolute atomic E-state index is 12.9. The average molecular weight is 1010 g/mol. The molecule has 10 rings (SSSR count). The predicted octanol–water partition coefficient (Wildman–Crippen LogP) is 1.51. The molecular formula is C50H60N8O15. The highest BCUT2D eigenvalue weighted by molar-refractivity contribution is 6.24. The van der Waals surface area contributed by atoms with Crippen molar-refractivity contribution in [2.24, 2.45) is 10.8 Å². The minimum absolute atomic E-state index is 0.0670. The van der Waals surface area contributed by atoms with Gasteiger partial charge in [-0.25, -0.2) is 9.59 Å². The predicted molar refractivity (Wildman–Crippen MR) is 253 cm³/mol. The SMILES string of the molecule is CC(C)(C)OC(=O)N1CC2(CN(CCOc3ccc4c(c3)C(=O)N(C3CCC(=O)NC3=O)C4=O)C2)C1.CC(C)(C)OC(=O)N1CC2(CNC2)C1.O=CCOc1ccc2c(c1)C(=O)N(C1CCC(=O)NC1=O)C2=O. The summed E-state index contributed by atoms with van der Waals surface area (Å²) < 4.78 is 21.6. The molecule has 2 atom stereocenters. The van der Waals surface area contributed by atoms with E-state index in [-0.39, 0.29) is 83.5 Å². The third-order valence-electron chi connectivity index (χ3n) is 13.3. The number of carbonyl (C=O) groups excluding carboxylic acids is 11. The first-order valence-electron chi connectivity index (χ1n) is 24.2. The number of ether oxygens (including phenoxy) is 4. The zero-order valence-corrected chi connectivity index (χ0v) is 41.7. The zero-order valence-electron chi connectivity index (χ0n) is 41.7. The molecule has 8 heterocycles. The van der Waals surface area contributed by atoms with E-state index in [4.69, 9.17) is 18.9 Å². The van der Waals surface area contributed by atoms with E-state index in [1.807, 2.05) is 41.5 Å². The van der Waals surface area contributed by atoms with E-state index < -0.39 is 64.9 Å². The molecule has 2 aromatic carbocycles. The van der Waals surface area contributed by atoms with Gasteiger partial charge in [0.1, 0.15) is 48.0 Å². The third kappa shape index (κ3) is 11.2. The molecule has 73 heavy (non-hydrogen) atoms. The van der Waals surface area contributed by atoms with Crippen molar-refractivity contribution in [1.82, 2.24) is 40.4 Å². The lowest BCUT2D eigenvalue weighted by atomic mass is 9.73. The quantitative estimate of drug-likeness (QED) is 0.237. The molecule has 6 saturated heterocycles. The lowest BCUT2D eigenvalue weighted by molar-refractivity contribution is -0.137. The van der Waals surface area contributed by atoms with Crippen molar-refractivity contribution in [3.8, 4) is 11.5 Å². The molecule has 10 amide bonds. The van der Waals surface area contributed by atoms with Gasteiger partial charge in [0.05, 0.1) is 22.3 Å². The summed E-state index contributed by atoms with van der Waals surface area (Å²) in [7, 11) is 0. The Balaban J connectivity index is 0.000000163. The van der Waals surface area contributed by atoms with Gasteiger partial charge in [-0.15, -0.1) is 0 Å². The largest absolute Gasteiger partial charge is 0.492 e. The van der Waals surface area contributed by atoms with Gasteiger partial charge in [-0.3, -0.25) is 68.5 Å². The molecule has 0 aromatic heterocycles. The molecule has 0 bridgehead atoms. The van der Waals surface area contributed by atoms with E-state index in [0.29, 0.717) is 43.7 Å². The van der Waals surface area contributed by atoms with Crippen LogP contribution in [0.15, 0.2) is 36.4 Å². The van der Waals surface area contributed by atoms with Crippen LogP contribution in [-0.2, 0) is 33.4 Å². The number of aldehydes is 1. The maximum Gasteiger partial charge on any atom is 0.410 e. The molecule has 3 N–H and O–H groups in total. The van der Waals surface area contributed by atoms with Gasteiger partial charge in [-0.2, -0.15) is 0 Å². The standard InChI is InChI=1S/C25H30N4O7.C15H12N2O6.C10H18N2O2/c1-24(2,3)36-23(34)28-13-25(14-28)11-27(12-25)8-9-35-15-4-5-16-17(10-15)22(33)29(21(16)32)18-6-7-19(30)26-20(18)31;18-5-6-23-8-1-2-9-10(7-8)15(22)17(14(9)21)11-3-4-12(19)16-13(11)20;1-9(2,3)14-8(13)12-6-10(7-12)4-11-5-10/h4-5,10,18H,6-9,11-14H2,1-3H3,(H,26,30,31);1-2,5,7,11H,3-4,6H2,(H,16,19,20);11H,4-7H2,1-3H3. The van der Waals surface area contributed by atoms with Crippen LogP contribution in [-0.4, -0.2) is 186 Å². The van der Waals surface area contributed by atoms with Crippen molar-refractivity contribution < 1.29 is 71.7 Å². The van der Waals surface area contributed by atoms with Crippen LogP contribution in [0.25, 0.3) is 0 Å². The number of benzene rings is 2. The Kier molecular flexibility index (Phi) is 14.2. The Labute approximate surface area is 420 Å². The number of hydrogen-bond donors (Lipinski definition) is 3. The van der Waals surface area contributed by atoms with Crippen LogP contribution in [0.2, 0.25) is 0 Å². The summed E-state index contributed by atoms with van der Waals surface area (Å²) in [6.45, 7) is 19.2. The number of fused-ring (bicyclic) bond motifs is 2. The highest BCUT2D eigenvalue weighted by Gasteiger charge is 2.54. The number of carbonyl (C=O) groups is 11. The van der Waals surface area contributed by atoms with Gasteiger partial charge in [0.2, 0.25) is 23.6 Å². The van der Waals surface area contributed by atoms with E-state index in [0.717, 1.165) is 49.1 Å². The third-order valence-corrected chi connectivity index (χ3v) is 13.3. The van der Waals surface area contributed by atoms with Gasteiger partial charge in [0.15, 0.2) is 6.29 Å². The molecule has 8 aliphatic rings. The normalized spacial score (nSPS) is 22.5. The molecular weight excluding hydrogens is 953 g/mol. The van der Waals surface area contributed by atoms with Crippen molar-refractivity contribution >= 4 is 65.7 Å². The van der Waals surface area contributed by atoms with Crippen LogP contribution < -0.4 is 25.4 Å². The van der Waals surface area contributed by atoms with E-state index in [1.54, 1.807) is 15.9 Å². The summed E-state index contributed by atoms with van der Waals surface area (Å²) in [6, 6.07) is 6.97. The fourth-order valence-electron chi connectivity index (χ4n) is 9.90. The molecule has 23 nitrogen and oxygen atoms in total. The first-order valence-corrected chi connectivity index (χ1v) is 24.2. The topological polar surface area (TPSA) is 277 Å². The Bertz CT molecular complexity index is 2650. The Morgan fingerprint density at radius 2 is 1.03 bits per heavy atom. The number of rotatable bonds is 9. The van der Waals surface area contributed by atoms with Gasteiger partial charge in [0.25, 0.3) is 23.6 Å². The first-order chi connectivity index (χ1) is 34.4. The van der Waals surface area contributed by atoms with Gasteiger partial charge >= 0.3 is 12.2 Å². The molecule has 2 unspecified atom stereocenters. The summed E-state index contributed by atoms with van der Waals surface area (Å²) in [6.07, 6.45) is 0.491. The molecule has 0 aliphatic carbocycles. The molecule has 0 radical (unpaired) electrons. The molecule has 8 aliphatic heterocycles. The summed E-state index contributed by atoms with van der Waals surface area (Å²) >= 11 is 0. The summed E-state index contributed by atoms with van der Waals surface area (Å²) in [4.78, 5) is 139. The van der Waals surface area contributed by atoms with E-state index in [1.165, 1.54) is 30.3 Å². The number of hydrogen-bond acceptors (Lipinski definition) is 17. The molecule has 23 heteroatoms. The van der Waals surface area contributed by atoms with Gasteiger partial charge < -0.3 is 34.1 Å². The fraction of sp³-hybridized carbons (Fsp3) is 0.540. The van der Waals surface area contributed by atoms with Gasteiger partial charge in [0, 0.05) is 82.6 Å². The molecule has 2 spiro atoms. The van der Waals surface area contributed by atoms with Crippen LogP contribution in [0.4, 0.5) is 9.59 Å². The molecule has 390 valence electrons. The van der Waals surface area contributed by atoms with Crippen LogP contribution in [0.1, 0.15) is 109 Å². The second kappa shape index (κ2) is 20.0. The van der Waals surface area contributed by atoms with Crippen molar-refractivity contribution in [3.63, 3.8) is 0 Å². The second-order valence-electron chi connectivity index (χ2n) is 21.6. The van der Waals surface area contributed by atoms with Crippen molar-refractivity contribution in [1.29, 1.82) is 0 Å². The van der Waals surface area contributed by atoms with Crippen LogP contribution >= 0.6 is 0 Å². The van der Waals surface area contributed by atoms with Gasteiger partial charge in [-0.05, 0) is 90.8 Å². The fourth-order valence-corrected chi connectivity index (χ4v) is 9.90. The minimum atomic E-state index is -1.00. The van der Waals surface area contributed by atoms with Crippen molar-refractivity contribution in [3.05, 3.63) is 58.7 Å². The van der Waals surface area contributed by atoms with E-state index in [9.17, 15) is 52.7 Å².